The summed E-state index contributed by atoms with van der Waals surface area (Å²) in [6.45, 7) is 0.887. The van der Waals surface area contributed by atoms with Crippen molar-refractivity contribution in [1.29, 1.82) is 0 Å². The Morgan fingerprint density at radius 2 is 2.11 bits per heavy atom. The molecular formula is C21H20ClN5O. The molecule has 4 rings (SSSR count). The molecule has 1 amide bonds. The van der Waals surface area contributed by atoms with Gasteiger partial charge in [-0.3, -0.25) is 14.5 Å². The molecule has 0 bridgehead atoms. The van der Waals surface area contributed by atoms with Gasteiger partial charge in [-0.2, -0.15) is 5.10 Å². The molecule has 0 aliphatic carbocycles. The van der Waals surface area contributed by atoms with Gasteiger partial charge in [-0.1, -0.05) is 29.8 Å². The van der Waals surface area contributed by atoms with E-state index in [4.69, 9.17) is 11.6 Å². The summed E-state index contributed by atoms with van der Waals surface area (Å²) in [5.74, 6) is -0.0883. The Hall–Kier alpha value is -3.12. The van der Waals surface area contributed by atoms with Crippen molar-refractivity contribution in [3.05, 3.63) is 83.0 Å². The van der Waals surface area contributed by atoms with Crippen LogP contribution in [0.4, 0.5) is 0 Å². The van der Waals surface area contributed by atoms with Crippen LogP contribution in [-0.4, -0.2) is 37.1 Å². The van der Waals surface area contributed by atoms with Gasteiger partial charge < -0.3 is 9.88 Å². The lowest BCUT2D eigenvalue weighted by atomic mass is 10.1. The van der Waals surface area contributed by atoms with E-state index in [2.05, 4.69) is 21.1 Å². The zero-order chi connectivity index (χ0) is 19.5. The van der Waals surface area contributed by atoms with E-state index >= 15 is 0 Å². The van der Waals surface area contributed by atoms with Gasteiger partial charge >= 0.3 is 0 Å². The van der Waals surface area contributed by atoms with Crippen molar-refractivity contribution in [3.63, 3.8) is 0 Å². The molecule has 1 N–H and O–H groups in total. The van der Waals surface area contributed by atoms with Gasteiger partial charge in [-0.05, 0) is 30.2 Å². The number of aryl methyl sites for hydroxylation is 1. The van der Waals surface area contributed by atoms with E-state index < -0.39 is 0 Å². The van der Waals surface area contributed by atoms with Crippen LogP contribution < -0.4 is 0 Å². The van der Waals surface area contributed by atoms with Crippen LogP contribution in [0.15, 0.2) is 61.2 Å². The number of pyridine rings is 1. The predicted octanol–water partition coefficient (Wildman–Crippen LogP) is 3.83. The summed E-state index contributed by atoms with van der Waals surface area (Å²) in [5.41, 5.74) is 3.50. The highest BCUT2D eigenvalue weighted by Gasteiger charge is 2.19. The number of hydrogen-bond donors (Lipinski definition) is 1. The molecule has 6 nitrogen and oxygen atoms in total. The number of fused-ring (bicyclic) bond motifs is 1. The third-order valence-corrected chi connectivity index (χ3v) is 5.03. The molecular weight excluding hydrogens is 374 g/mol. The summed E-state index contributed by atoms with van der Waals surface area (Å²) < 4.78 is 1.66. The molecule has 28 heavy (non-hydrogen) atoms. The molecule has 0 saturated heterocycles. The van der Waals surface area contributed by atoms with Gasteiger partial charge in [0, 0.05) is 49.3 Å². The van der Waals surface area contributed by atoms with Gasteiger partial charge in [0.15, 0.2) is 0 Å². The minimum Gasteiger partial charge on any atom is -0.361 e. The fourth-order valence-electron chi connectivity index (χ4n) is 3.31. The van der Waals surface area contributed by atoms with E-state index in [1.54, 1.807) is 40.3 Å². The first-order chi connectivity index (χ1) is 13.6. The van der Waals surface area contributed by atoms with Crippen molar-refractivity contribution >= 4 is 28.4 Å². The second kappa shape index (κ2) is 7.86. The number of rotatable bonds is 6. The second-order valence-corrected chi connectivity index (χ2v) is 7.08. The van der Waals surface area contributed by atoms with E-state index in [-0.39, 0.29) is 5.91 Å². The third-order valence-electron chi connectivity index (χ3n) is 4.72. The van der Waals surface area contributed by atoms with E-state index in [1.165, 1.54) is 10.9 Å². The average Bonchev–Trinajstić information content (AvgIpc) is 3.27. The van der Waals surface area contributed by atoms with E-state index in [1.807, 2.05) is 31.4 Å². The molecule has 0 aliphatic heterocycles. The van der Waals surface area contributed by atoms with Crippen LogP contribution in [0.2, 0.25) is 5.02 Å². The molecule has 0 fully saturated rings. The molecule has 3 heterocycles. The fraction of sp³-hybridized carbons (Fsp3) is 0.190. The van der Waals surface area contributed by atoms with E-state index in [0.717, 1.165) is 11.9 Å². The summed E-state index contributed by atoms with van der Waals surface area (Å²) in [7, 11) is 1.81. The van der Waals surface area contributed by atoms with E-state index in [9.17, 15) is 4.79 Å². The van der Waals surface area contributed by atoms with Crippen molar-refractivity contribution in [3.8, 4) is 0 Å². The smallest absolute Gasteiger partial charge is 0.255 e. The van der Waals surface area contributed by atoms with Crippen LogP contribution >= 0.6 is 11.6 Å². The number of benzene rings is 1. The molecule has 0 aliphatic rings. The number of carbonyl (C=O) groups excluding carboxylic acids is 1. The number of carbonyl (C=O) groups is 1. The monoisotopic (exact) mass is 393 g/mol. The van der Waals surface area contributed by atoms with Crippen molar-refractivity contribution in [1.82, 2.24) is 24.6 Å². The maximum absolute atomic E-state index is 13.1. The first-order valence-electron chi connectivity index (χ1n) is 9.04. The van der Waals surface area contributed by atoms with Crippen LogP contribution in [-0.2, 0) is 20.0 Å². The highest BCUT2D eigenvalue weighted by molar-refractivity contribution is 6.31. The van der Waals surface area contributed by atoms with Crippen molar-refractivity contribution in [2.75, 3.05) is 6.54 Å². The lowest BCUT2D eigenvalue weighted by Crippen LogP contribution is -2.33. The van der Waals surface area contributed by atoms with Crippen molar-refractivity contribution in [2.24, 2.45) is 7.05 Å². The van der Waals surface area contributed by atoms with E-state index in [0.29, 0.717) is 29.4 Å². The topological polar surface area (TPSA) is 66.8 Å². The summed E-state index contributed by atoms with van der Waals surface area (Å²) in [6, 6.07) is 11.7. The SMILES string of the molecule is Cn1cc(Cl)c(CN(CCc2c[nH]c3ccccc23)C(=O)c2cccnc2)n1. The van der Waals surface area contributed by atoms with Gasteiger partial charge in [0.05, 0.1) is 17.1 Å². The number of nitrogens with one attached hydrogen (secondary N) is 1. The first kappa shape index (κ1) is 18.3. The molecule has 1 aromatic carbocycles. The molecule has 0 unspecified atom stereocenters. The summed E-state index contributed by atoms with van der Waals surface area (Å²) in [5, 5.41) is 6.12. The lowest BCUT2D eigenvalue weighted by Gasteiger charge is -2.22. The Balaban J connectivity index is 1.58. The van der Waals surface area contributed by atoms with Gasteiger partial charge in [-0.25, -0.2) is 0 Å². The molecule has 7 heteroatoms. The second-order valence-electron chi connectivity index (χ2n) is 6.68. The Kier molecular flexibility index (Phi) is 5.12. The third kappa shape index (κ3) is 3.77. The van der Waals surface area contributed by atoms with Crippen LogP contribution in [0.25, 0.3) is 10.9 Å². The number of para-hydroxylation sites is 1. The molecule has 0 atom stereocenters. The van der Waals surface area contributed by atoms with Gasteiger partial charge in [0.25, 0.3) is 5.91 Å². The number of aromatic nitrogens is 4. The minimum atomic E-state index is -0.0883. The van der Waals surface area contributed by atoms with Gasteiger partial charge in [0.2, 0.25) is 0 Å². The van der Waals surface area contributed by atoms with Gasteiger partial charge in [0.1, 0.15) is 5.69 Å². The Morgan fingerprint density at radius 1 is 1.25 bits per heavy atom. The number of nitrogens with zero attached hydrogens (tertiary/aromatic N) is 4. The number of aromatic amines is 1. The standard InChI is InChI=1S/C21H20ClN5O/c1-26-13-18(22)20(25-26)14-27(21(28)16-5-4-9-23-11-16)10-8-15-12-24-19-7-3-2-6-17(15)19/h2-7,9,11-13,24H,8,10,14H2,1H3. The summed E-state index contributed by atoms with van der Waals surface area (Å²) >= 11 is 6.28. The highest BCUT2D eigenvalue weighted by atomic mass is 35.5. The fourth-order valence-corrected chi connectivity index (χ4v) is 3.55. The normalized spacial score (nSPS) is 11.1. The van der Waals surface area contributed by atoms with Crippen LogP contribution in [0.1, 0.15) is 21.6 Å². The number of halogens is 1. The molecule has 3 aromatic heterocycles. The predicted molar refractivity (Wildman–Crippen MR) is 109 cm³/mol. The molecule has 4 aromatic rings. The maximum atomic E-state index is 13.1. The zero-order valence-corrected chi connectivity index (χ0v) is 16.2. The molecule has 0 saturated carbocycles. The lowest BCUT2D eigenvalue weighted by molar-refractivity contribution is 0.0742. The summed E-state index contributed by atoms with van der Waals surface area (Å²) in [6.07, 6.45) is 7.71. The van der Waals surface area contributed by atoms with Gasteiger partial charge in [-0.15, -0.1) is 0 Å². The maximum Gasteiger partial charge on any atom is 0.255 e. The highest BCUT2D eigenvalue weighted by Crippen LogP contribution is 2.21. The van der Waals surface area contributed by atoms with Crippen LogP contribution in [0, 0.1) is 0 Å². The Morgan fingerprint density at radius 3 is 2.86 bits per heavy atom. The largest absolute Gasteiger partial charge is 0.361 e. The Bertz CT molecular complexity index is 1100. The molecule has 0 spiro atoms. The summed E-state index contributed by atoms with van der Waals surface area (Å²) in [4.78, 5) is 22.2. The minimum absolute atomic E-state index is 0.0883. The first-order valence-corrected chi connectivity index (χ1v) is 9.42. The molecule has 142 valence electrons. The quantitative estimate of drug-likeness (QED) is 0.541. The van der Waals surface area contributed by atoms with Crippen LogP contribution in [0.3, 0.4) is 0 Å². The molecule has 0 radical (unpaired) electrons. The van der Waals surface area contributed by atoms with Crippen molar-refractivity contribution in [2.45, 2.75) is 13.0 Å². The number of H-pyrrole nitrogens is 1. The van der Waals surface area contributed by atoms with Crippen molar-refractivity contribution < 1.29 is 4.79 Å². The number of amides is 1. The average molecular weight is 394 g/mol. The van der Waals surface area contributed by atoms with Crippen LogP contribution in [0.5, 0.6) is 0 Å². The number of hydrogen-bond acceptors (Lipinski definition) is 3. The Labute approximate surface area is 167 Å². The zero-order valence-electron chi connectivity index (χ0n) is 15.5.